The standard InChI is InChI=1S/C26H29BrN4O4S/c1-5-33-20-14-18(13-19(27)23(20)35-15-17-11-9-8-10-12-17)22-21(24(32)34-6-2)16(4)28-25-29-26(36-7-3)30-31(22)25/h8-14,22H,5-7,15H2,1-4H3,(H,28,29,30). The Labute approximate surface area is 223 Å². The van der Waals surface area contributed by atoms with E-state index in [1.54, 1.807) is 11.6 Å². The van der Waals surface area contributed by atoms with Crippen LogP contribution >= 0.6 is 27.7 Å². The fraction of sp³-hybridized carbons (Fsp3) is 0.346. The summed E-state index contributed by atoms with van der Waals surface area (Å²) in [6.07, 6.45) is 0. The van der Waals surface area contributed by atoms with Crippen LogP contribution in [0.25, 0.3) is 0 Å². The molecule has 1 unspecified atom stereocenters. The molecule has 0 radical (unpaired) electrons. The van der Waals surface area contributed by atoms with Gasteiger partial charge in [0.1, 0.15) is 12.6 Å². The fourth-order valence-electron chi connectivity index (χ4n) is 3.98. The van der Waals surface area contributed by atoms with E-state index in [9.17, 15) is 4.79 Å². The predicted molar refractivity (Wildman–Crippen MR) is 144 cm³/mol. The lowest BCUT2D eigenvalue weighted by Crippen LogP contribution is -2.29. The summed E-state index contributed by atoms with van der Waals surface area (Å²) in [5.74, 6) is 2.16. The van der Waals surface area contributed by atoms with Gasteiger partial charge in [0, 0.05) is 5.70 Å². The Morgan fingerprint density at radius 3 is 2.61 bits per heavy atom. The minimum atomic E-state index is -0.558. The lowest BCUT2D eigenvalue weighted by molar-refractivity contribution is -0.139. The van der Waals surface area contributed by atoms with Gasteiger partial charge in [-0.05, 0) is 65.7 Å². The van der Waals surface area contributed by atoms with E-state index >= 15 is 0 Å². The minimum absolute atomic E-state index is 0.267. The molecule has 0 saturated heterocycles. The summed E-state index contributed by atoms with van der Waals surface area (Å²) in [6, 6.07) is 13.2. The molecule has 4 rings (SSSR count). The van der Waals surface area contributed by atoms with Crippen LogP contribution in [-0.4, -0.2) is 39.7 Å². The van der Waals surface area contributed by atoms with Crippen LogP contribution in [0.3, 0.4) is 0 Å². The highest BCUT2D eigenvalue weighted by atomic mass is 79.9. The third kappa shape index (κ3) is 5.54. The number of nitrogens with zero attached hydrogens (tertiary/aromatic N) is 3. The van der Waals surface area contributed by atoms with Crippen LogP contribution < -0.4 is 14.8 Å². The first-order valence-electron chi connectivity index (χ1n) is 11.8. The second-order valence-electron chi connectivity index (χ2n) is 7.92. The molecule has 36 heavy (non-hydrogen) atoms. The first-order chi connectivity index (χ1) is 17.5. The Morgan fingerprint density at radius 2 is 1.92 bits per heavy atom. The van der Waals surface area contributed by atoms with E-state index in [1.807, 2.05) is 63.2 Å². The lowest BCUT2D eigenvalue weighted by atomic mass is 9.95. The quantitative estimate of drug-likeness (QED) is 0.234. The van der Waals surface area contributed by atoms with Gasteiger partial charge >= 0.3 is 5.97 Å². The molecule has 1 aliphatic rings. The molecular weight excluding hydrogens is 544 g/mol. The number of hydrogen-bond acceptors (Lipinski definition) is 8. The Bertz CT molecular complexity index is 1260. The maximum absolute atomic E-state index is 13.1. The zero-order valence-electron chi connectivity index (χ0n) is 20.7. The highest BCUT2D eigenvalue weighted by Gasteiger charge is 2.36. The highest BCUT2D eigenvalue weighted by molar-refractivity contribution is 9.10. The van der Waals surface area contributed by atoms with Gasteiger partial charge in [-0.2, -0.15) is 4.98 Å². The lowest BCUT2D eigenvalue weighted by Gasteiger charge is -2.28. The molecule has 190 valence electrons. The number of benzene rings is 2. The van der Waals surface area contributed by atoms with Gasteiger partial charge in [0.05, 0.1) is 23.3 Å². The van der Waals surface area contributed by atoms with Crippen LogP contribution in [0.2, 0.25) is 0 Å². The van der Waals surface area contributed by atoms with Crippen molar-refractivity contribution in [2.24, 2.45) is 0 Å². The molecule has 2 aromatic carbocycles. The number of nitrogens with one attached hydrogen (secondary N) is 1. The summed E-state index contributed by atoms with van der Waals surface area (Å²) in [5.41, 5.74) is 2.98. The number of esters is 1. The predicted octanol–water partition coefficient (Wildman–Crippen LogP) is 5.98. The average Bonchev–Trinajstić information content (AvgIpc) is 3.25. The third-order valence-corrected chi connectivity index (χ3v) is 6.78. The van der Waals surface area contributed by atoms with Crippen molar-refractivity contribution in [1.82, 2.24) is 14.8 Å². The number of fused-ring (bicyclic) bond motifs is 1. The van der Waals surface area contributed by atoms with Crippen molar-refractivity contribution in [3.05, 3.63) is 69.3 Å². The van der Waals surface area contributed by atoms with Gasteiger partial charge < -0.3 is 19.5 Å². The minimum Gasteiger partial charge on any atom is -0.490 e. The van der Waals surface area contributed by atoms with Crippen LogP contribution in [0.1, 0.15) is 44.9 Å². The summed E-state index contributed by atoms with van der Waals surface area (Å²) in [4.78, 5) is 17.7. The largest absolute Gasteiger partial charge is 0.490 e. The van der Waals surface area contributed by atoms with Crippen molar-refractivity contribution >= 4 is 39.6 Å². The molecule has 0 fully saturated rings. The second kappa shape index (κ2) is 11.8. The number of halogens is 1. The zero-order valence-corrected chi connectivity index (χ0v) is 23.1. The molecule has 10 heteroatoms. The number of hydrogen-bond donors (Lipinski definition) is 1. The second-order valence-corrected chi connectivity index (χ2v) is 10.0. The van der Waals surface area contributed by atoms with Crippen LogP contribution in [0.15, 0.2) is 63.4 Å². The van der Waals surface area contributed by atoms with Gasteiger partial charge in [0.15, 0.2) is 11.5 Å². The van der Waals surface area contributed by atoms with Crippen LogP contribution in [-0.2, 0) is 16.1 Å². The number of anilines is 1. The van der Waals surface area contributed by atoms with Crippen LogP contribution in [0, 0.1) is 0 Å². The Hall–Kier alpha value is -2.98. The van der Waals surface area contributed by atoms with E-state index in [-0.39, 0.29) is 6.61 Å². The van der Waals surface area contributed by atoms with Crippen molar-refractivity contribution < 1.29 is 19.0 Å². The number of rotatable bonds is 10. The van der Waals surface area contributed by atoms with Gasteiger partial charge in [-0.1, -0.05) is 49.0 Å². The number of allylic oxidation sites excluding steroid dienone is 1. The highest BCUT2D eigenvalue weighted by Crippen LogP contribution is 2.43. The molecule has 2 heterocycles. The molecule has 3 aromatic rings. The maximum atomic E-state index is 13.1. The number of ether oxygens (including phenoxy) is 3. The molecule has 1 N–H and O–H groups in total. The van der Waals surface area contributed by atoms with Crippen molar-refractivity contribution in [2.75, 3.05) is 24.3 Å². The number of carbonyl (C=O) groups excluding carboxylic acids is 1. The molecule has 0 spiro atoms. The first kappa shape index (κ1) is 26.1. The van der Waals surface area contributed by atoms with Crippen molar-refractivity contribution in [2.45, 2.75) is 45.5 Å². The SMILES string of the molecule is CCOC(=O)C1=C(C)Nc2nc(SCC)nn2C1c1cc(Br)c(OCc2ccccc2)c(OCC)c1. The average molecular weight is 574 g/mol. The van der Waals surface area contributed by atoms with Crippen LogP contribution in [0.4, 0.5) is 5.95 Å². The van der Waals surface area contributed by atoms with E-state index in [0.717, 1.165) is 16.9 Å². The van der Waals surface area contributed by atoms with Gasteiger partial charge in [0.25, 0.3) is 0 Å². The molecule has 0 aliphatic carbocycles. The molecule has 0 saturated carbocycles. The molecule has 1 aromatic heterocycles. The third-order valence-electron chi connectivity index (χ3n) is 5.48. The van der Waals surface area contributed by atoms with Gasteiger partial charge in [-0.25, -0.2) is 9.48 Å². The number of carbonyl (C=O) groups is 1. The summed E-state index contributed by atoms with van der Waals surface area (Å²) in [6.45, 7) is 8.72. The molecule has 8 nitrogen and oxygen atoms in total. The van der Waals surface area contributed by atoms with Crippen LogP contribution in [0.5, 0.6) is 11.5 Å². The number of thioether (sulfide) groups is 1. The van der Waals surface area contributed by atoms with E-state index in [2.05, 4.69) is 26.2 Å². The summed E-state index contributed by atoms with van der Waals surface area (Å²) >= 11 is 5.22. The molecular formula is C26H29BrN4O4S. The molecule has 1 aliphatic heterocycles. The molecule has 0 amide bonds. The monoisotopic (exact) mass is 572 g/mol. The number of aromatic nitrogens is 3. The summed E-state index contributed by atoms with van der Waals surface area (Å²) < 4.78 is 20.0. The summed E-state index contributed by atoms with van der Waals surface area (Å²) in [7, 11) is 0. The smallest absolute Gasteiger partial charge is 0.338 e. The summed E-state index contributed by atoms with van der Waals surface area (Å²) in [5, 5.41) is 8.56. The van der Waals surface area contributed by atoms with E-state index in [4.69, 9.17) is 19.3 Å². The Kier molecular flexibility index (Phi) is 8.58. The van der Waals surface area contributed by atoms with Gasteiger partial charge in [0.2, 0.25) is 11.1 Å². The molecule has 0 bridgehead atoms. The zero-order chi connectivity index (χ0) is 25.7. The van der Waals surface area contributed by atoms with Gasteiger partial charge in [-0.3, -0.25) is 0 Å². The van der Waals surface area contributed by atoms with Crippen molar-refractivity contribution in [1.29, 1.82) is 0 Å². The van der Waals surface area contributed by atoms with Crippen molar-refractivity contribution in [3.8, 4) is 11.5 Å². The fourth-order valence-corrected chi connectivity index (χ4v) is 5.11. The Balaban J connectivity index is 1.79. The topological polar surface area (TPSA) is 87.5 Å². The van der Waals surface area contributed by atoms with E-state index in [0.29, 0.717) is 51.6 Å². The normalized spacial score (nSPS) is 14.8. The first-order valence-corrected chi connectivity index (χ1v) is 13.6. The van der Waals surface area contributed by atoms with Crippen molar-refractivity contribution in [3.63, 3.8) is 0 Å². The van der Waals surface area contributed by atoms with E-state index in [1.165, 1.54) is 11.8 Å². The maximum Gasteiger partial charge on any atom is 0.338 e. The van der Waals surface area contributed by atoms with E-state index < -0.39 is 12.0 Å². The molecule has 1 atom stereocenters. The Morgan fingerprint density at radius 1 is 1.14 bits per heavy atom. The van der Waals surface area contributed by atoms with Gasteiger partial charge in [-0.15, -0.1) is 5.10 Å².